The molecule has 4 heteroatoms. The van der Waals surface area contributed by atoms with Crippen LogP contribution in [0.15, 0.2) is 18.2 Å². The van der Waals surface area contributed by atoms with Crippen LogP contribution in [0.2, 0.25) is 10.0 Å². The molecule has 0 aliphatic rings. The van der Waals surface area contributed by atoms with Gasteiger partial charge in [-0.2, -0.15) is 0 Å². The fraction of sp³-hybridized carbons (Fsp3) is 0.250. The van der Waals surface area contributed by atoms with Crippen LogP contribution in [0.3, 0.4) is 0 Å². The van der Waals surface area contributed by atoms with E-state index in [0.717, 1.165) is 5.56 Å². The highest BCUT2D eigenvalue weighted by Crippen LogP contribution is 2.25. The molecule has 0 radical (unpaired) electrons. The van der Waals surface area contributed by atoms with Crippen LogP contribution >= 0.6 is 23.2 Å². The minimum absolute atomic E-state index is 0.0368. The molecule has 1 rings (SSSR count). The molecule has 66 valence electrons. The number of hydrazine groups is 1. The van der Waals surface area contributed by atoms with Crippen molar-refractivity contribution >= 4 is 23.2 Å². The van der Waals surface area contributed by atoms with Crippen molar-refractivity contribution in [1.29, 1.82) is 0 Å². The molecule has 0 aromatic heterocycles. The monoisotopic (exact) mass is 204 g/mol. The van der Waals surface area contributed by atoms with Gasteiger partial charge in [0.2, 0.25) is 0 Å². The molecular formula is C8H10Cl2N2. The van der Waals surface area contributed by atoms with Crippen molar-refractivity contribution in [3.8, 4) is 0 Å². The Morgan fingerprint density at radius 3 is 2.58 bits per heavy atom. The summed E-state index contributed by atoms with van der Waals surface area (Å²) in [6, 6.07) is 5.38. The Morgan fingerprint density at radius 1 is 1.42 bits per heavy atom. The Hall–Kier alpha value is -0.280. The Balaban J connectivity index is 3.01. The quantitative estimate of drug-likeness (QED) is 0.575. The highest BCUT2D eigenvalue weighted by atomic mass is 35.5. The van der Waals surface area contributed by atoms with Crippen molar-refractivity contribution in [1.82, 2.24) is 5.43 Å². The molecule has 3 N–H and O–H groups in total. The molecule has 2 nitrogen and oxygen atoms in total. The molecule has 12 heavy (non-hydrogen) atoms. The van der Waals surface area contributed by atoms with Gasteiger partial charge in [-0.15, -0.1) is 0 Å². The lowest BCUT2D eigenvalue weighted by molar-refractivity contribution is 0.603. The van der Waals surface area contributed by atoms with E-state index >= 15 is 0 Å². The maximum absolute atomic E-state index is 5.92. The third kappa shape index (κ3) is 2.11. The van der Waals surface area contributed by atoms with Crippen LogP contribution in [-0.2, 0) is 0 Å². The third-order valence-electron chi connectivity index (χ3n) is 1.68. The van der Waals surface area contributed by atoms with Crippen molar-refractivity contribution in [2.75, 3.05) is 0 Å². The molecule has 0 aliphatic carbocycles. The number of hydrogen-bond donors (Lipinski definition) is 2. The fourth-order valence-corrected chi connectivity index (χ4v) is 1.51. The molecule has 0 heterocycles. The summed E-state index contributed by atoms with van der Waals surface area (Å²) in [6.07, 6.45) is 0. The molecule has 1 aromatic rings. The maximum atomic E-state index is 5.92. The summed E-state index contributed by atoms with van der Waals surface area (Å²) >= 11 is 11.7. The molecule has 0 bridgehead atoms. The van der Waals surface area contributed by atoms with Crippen molar-refractivity contribution < 1.29 is 0 Å². The molecular weight excluding hydrogens is 195 g/mol. The minimum atomic E-state index is 0.0368. The number of nitrogens with one attached hydrogen (secondary N) is 1. The van der Waals surface area contributed by atoms with E-state index in [4.69, 9.17) is 29.0 Å². The molecule has 0 fully saturated rings. The van der Waals surface area contributed by atoms with Gasteiger partial charge >= 0.3 is 0 Å². The van der Waals surface area contributed by atoms with Gasteiger partial charge in [0.05, 0.1) is 0 Å². The van der Waals surface area contributed by atoms with Gasteiger partial charge in [-0.3, -0.25) is 11.3 Å². The van der Waals surface area contributed by atoms with Gasteiger partial charge in [-0.25, -0.2) is 0 Å². The number of hydrogen-bond acceptors (Lipinski definition) is 2. The molecule has 0 spiro atoms. The average molecular weight is 205 g/mol. The Bertz CT molecular complexity index is 276. The van der Waals surface area contributed by atoms with Gasteiger partial charge in [-0.05, 0) is 24.6 Å². The first-order chi connectivity index (χ1) is 5.65. The van der Waals surface area contributed by atoms with E-state index in [1.165, 1.54) is 0 Å². The van der Waals surface area contributed by atoms with Crippen LogP contribution < -0.4 is 11.3 Å². The standard InChI is InChI=1S/C8H10Cl2N2/c1-5(12-11)7-3-2-6(9)4-8(7)10/h2-5,12H,11H2,1H3/t5-/m1/s1. The van der Waals surface area contributed by atoms with Crippen molar-refractivity contribution in [2.45, 2.75) is 13.0 Å². The van der Waals surface area contributed by atoms with Gasteiger partial charge in [0.25, 0.3) is 0 Å². The molecule has 0 saturated heterocycles. The number of nitrogens with two attached hydrogens (primary N) is 1. The van der Waals surface area contributed by atoms with E-state index in [1.807, 2.05) is 13.0 Å². The Morgan fingerprint density at radius 2 is 2.08 bits per heavy atom. The third-order valence-corrected chi connectivity index (χ3v) is 2.24. The fourth-order valence-electron chi connectivity index (χ4n) is 0.942. The molecule has 0 saturated carbocycles. The van der Waals surface area contributed by atoms with Crippen molar-refractivity contribution in [3.05, 3.63) is 33.8 Å². The summed E-state index contributed by atoms with van der Waals surface area (Å²) < 4.78 is 0. The van der Waals surface area contributed by atoms with Crippen molar-refractivity contribution in [2.24, 2.45) is 5.84 Å². The lowest BCUT2D eigenvalue weighted by atomic mass is 10.1. The van der Waals surface area contributed by atoms with E-state index in [9.17, 15) is 0 Å². The van der Waals surface area contributed by atoms with Gasteiger partial charge in [0.15, 0.2) is 0 Å². The lowest BCUT2D eigenvalue weighted by Gasteiger charge is -2.11. The number of rotatable bonds is 2. The summed E-state index contributed by atoms with van der Waals surface area (Å²) in [6.45, 7) is 1.93. The normalized spacial score (nSPS) is 13.0. The molecule has 0 unspecified atom stereocenters. The summed E-state index contributed by atoms with van der Waals surface area (Å²) in [5, 5.41) is 1.26. The molecule has 1 atom stereocenters. The van der Waals surface area contributed by atoms with Crippen LogP contribution in [0, 0.1) is 0 Å². The van der Waals surface area contributed by atoms with Gasteiger partial charge < -0.3 is 0 Å². The number of benzene rings is 1. The number of halogens is 2. The zero-order valence-corrected chi connectivity index (χ0v) is 8.15. The zero-order valence-electron chi connectivity index (χ0n) is 6.64. The minimum Gasteiger partial charge on any atom is -0.271 e. The van der Waals surface area contributed by atoms with E-state index in [0.29, 0.717) is 10.0 Å². The first kappa shape index (κ1) is 9.81. The summed E-state index contributed by atoms with van der Waals surface area (Å²) in [4.78, 5) is 0. The maximum Gasteiger partial charge on any atom is 0.0469 e. The van der Waals surface area contributed by atoms with Crippen LogP contribution in [0.25, 0.3) is 0 Å². The highest BCUT2D eigenvalue weighted by Gasteiger charge is 2.07. The van der Waals surface area contributed by atoms with E-state index < -0.39 is 0 Å². The second-order valence-electron chi connectivity index (χ2n) is 2.55. The van der Waals surface area contributed by atoms with E-state index in [2.05, 4.69) is 5.43 Å². The second-order valence-corrected chi connectivity index (χ2v) is 3.40. The Labute approximate surface area is 81.6 Å². The van der Waals surface area contributed by atoms with Gasteiger partial charge in [0.1, 0.15) is 0 Å². The predicted molar refractivity (Wildman–Crippen MR) is 52.2 cm³/mol. The van der Waals surface area contributed by atoms with E-state index in [1.54, 1.807) is 12.1 Å². The Kier molecular flexibility index (Phi) is 3.35. The first-order valence-electron chi connectivity index (χ1n) is 3.56. The molecule has 0 amide bonds. The smallest absolute Gasteiger partial charge is 0.0469 e. The van der Waals surface area contributed by atoms with Crippen molar-refractivity contribution in [3.63, 3.8) is 0 Å². The molecule has 0 aliphatic heterocycles. The summed E-state index contributed by atoms with van der Waals surface area (Å²) in [5.74, 6) is 5.27. The topological polar surface area (TPSA) is 38.0 Å². The van der Waals surface area contributed by atoms with Crippen LogP contribution in [0.5, 0.6) is 0 Å². The van der Waals surface area contributed by atoms with Gasteiger partial charge in [-0.1, -0.05) is 29.3 Å². The SMILES string of the molecule is C[C@@H](NN)c1ccc(Cl)cc1Cl. The highest BCUT2D eigenvalue weighted by molar-refractivity contribution is 6.35. The predicted octanol–water partition coefficient (Wildman–Crippen LogP) is 2.52. The zero-order chi connectivity index (χ0) is 9.14. The first-order valence-corrected chi connectivity index (χ1v) is 4.32. The average Bonchev–Trinajstić information content (AvgIpc) is 2.03. The largest absolute Gasteiger partial charge is 0.271 e. The van der Waals surface area contributed by atoms with Gasteiger partial charge in [0, 0.05) is 16.1 Å². The van der Waals surface area contributed by atoms with Crippen LogP contribution in [0.1, 0.15) is 18.5 Å². The second kappa shape index (κ2) is 4.10. The van der Waals surface area contributed by atoms with Crippen LogP contribution in [-0.4, -0.2) is 0 Å². The lowest BCUT2D eigenvalue weighted by Crippen LogP contribution is -2.25. The summed E-state index contributed by atoms with van der Waals surface area (Å²) in [7, 11) is 0. The molecule has 1 aromatic carbocycles. The van der Waals surface area contributed by atoms with Crippen LogP contribution in [0.4, 0.5) is 0 Å². The van der Waals surface area contributed by atoms with E-state index in [-0.39, 0.29) is 6.04 Å². The summed E-state index contributed by atoms with van der Waals surface area (Å²) in [5.41, 5.74) is 3.56.